The van der Waals surface area contributed by atoms with E-state index in [2.05, 4.69) is 24.3 Å². The Kier molecular flexibility index (Phi) is 3.29. The molecule has 2 aromatic rings. The fourth-order valence-electron chi connectivity index (χ4n) is 1.41. The van der Waals surface area contributed by atoms with Crippen LogP contribution in [0, 0.1) is 0 Å². The van der Waals surface area contributed by atoms with E-state index in [1.165, 1.54) is 16.3 Å². The van der Waals surface area contributed by atoms with Gasteiger partial charge in [0, 0.05) is 5.88 Å². The number of hydrogen-bond acceptors (Lipinski definition) is 1. The summed E-state index contributed by atoms with van der Waals surface area (Å²) in [6.07, 6.45) is 0. The van der Waals surface area contributed by atoms with Crippen LogP contribution in [0.15, 0.2) is 42.5 Å². The van der Waals surface area contributed by atoms with Gasteiger partial charge in [0.1, 0.15) is 0 Å². The van der Waals surface area contributed by atoms with Crippen molar-refractivity contribution in [2.45, 2.75) is 5.88 Å². The third-order valence-electron chi connectivity index (χ3n) is 2.02. The van der Waals surface area contributed by atoms with Crippen LogP contribution in [0.1, 0.15) is 5.56 Å². The van der Waals surface area contributed by atoms with E-state index in [1.807, 2.05) is 18.2 Å². The number of rotatable bonds is 1. The van der Waals surface area contributed by atoms with Crippen molar-refractivity contribution in [1.82, 2.24) is 6.15 Å². The standard InChI is InChI=1S/C11H9Cl.H3N/c12-8-10-6-3-5-9-4-1-2-7-11(9)10;/h1-7H,8H2;1H3. The van der Waals surface area contributed by atoms with E-state index in [9.17, 15) is 0 Å². The van der Waals surface area contributed by atoms with Gasteiger partial charge in [-0.15, -0.1) is 11.6 Å². The van der Waals surface area contributed by atoms with Gasteiger partial charge in [0.15, 0.2) is 0 Å². The quantitative estimate of drug-likeness (QED) is 0.688. The van der Waals surface area contributed by atoms with Crippen LogP contribution in [0.2, 0.25) is 0 Å². The van der Waals surface area contributed by atoms with Crippen molar-refractivity contribution in [3.05, 3.63) is 48.0 Å². The van der Waals surface area contributed by atoms with Crippen molar-refractivity contribution in [3.8, 4) is 0 Å². The van der Waals surface area contributed by atoms with Crippen LogP contribution in [0.5, 0.6) is 0 Å². The van der Waals surface area contributed by atoms with E-state index in [-0.39, 0.29) is 6.15 Å². The third-order valence-corrected chi connectivity index (χ3v) is 2.31. The topological polar surface area (TPSA) is 35.0 Å². The van der Waals surface area contributed by atoms with Gasteiger partial charge >= 0.3 is 0 Å². The van der Waals surface area contributed by atoms with E-state index < -0.39 is 0 Å². The van der Waals surface area contributed by atoms with Gasteiger partial charge in [0.25, 0.3) is 0 Å². The molecule has 2 heteroatoms. The molecule has 2 rings (SSSR count). The second-order valence-electron chi connectivity index (χ2n) is 2.77. The van der Waals surface area contributed by atoms with Crippen molar-refractivity contribution in [1.29, 1.82) is 0 Å². The van der Waals surface area contributed by atoms with Crippen LogP contribution >= 0.6 is 11.6 Å². The summed E-state index contributed by atoms with van der Waals surface area (Å²) in [5, 5.41) is 2.52. The normalized spacial score (nSPS) is 9.62. The monoisotopic (exact) mass is 193 g/mol. The molecule has 1 nitrogen and oxygen atoms in total. The summed E-state index contributed by atoms with van der Waals surface area (Å²) in [4.78, 5) is 0. The van der Waals surface area contributed by atoms with Crippen LogP contribution in [-0.4, -0.2) is 0 Å². The lowest BCUT2D eigenvalue weighted by Gasteiger charge is -2.01. The number of fused-ring (bicyclic) bond motifs is 1. The molecule has 2 aromatic carbocycles. The van der Waals surface area contributed by atoms with Crippen LogP contribution in [-0.2, 0) is 5.88 Å². The first kappa shape index (κ1) is 10.0. The maximum absolute atomic E-state index is 5.81. The van der Waals surface area contributed by atoms with Gasteiger partial charge in [-0.3, -0.25) is 0 Å². The Balaban J connectivity index is 0.000000845. The van der Waals surface area contributed by atoms with Gasteiger partial charge in [0.2, 0.25) is 0 Å². The molecule has 0 saturated heterocycles. The summed E-state index contributed by atoms with van der Waals surface area (Å²) in [6.45, 7) is 0. The zero-order valence-electron chi connectivity index (χ0n) is 7.33. The lowest BCUT2D eigenvalue weighted by molar-refractivity contribution is 1.45. The lowest BCUT2D eigenvalue weighted by atomic mass is 10.1. The Bertz CT molecular complexity index is 393. The van der Waals surface area contributed by atoms with Crippen molar-refractivity contribution in [2.24, 2.45) is 0 Å². The summed E-state index contributed by atoms with van der Waals surface area (Å²) in [6, 6.07) is 14.5. The third kappa shape index (κ3) is 1.82. The van der Waals surface area contributed by atoms with E-state index in [1.54, 1.807) is 0 Å². The predicted molar refractivity (Wildman–Crippen MR) is 58.5 cm³/mol. The number of hydrogen-bond donors (Lipinski definition) is 1. The second-order valence-corrected chi connectivity index (χ2v) is 3.04. The maximum atomic E-state index is 5.81. The molecule has 0 aliphatic carbocycles. The fraction of sp³-hybridized carbons (Fsp3) is 0.0909. The minimum absolute atomic E-state index is 0. The summed E-state index contributed by atoms with van der Waals surface area (Å²) >= 11 is 5.81. The summed E-state index contributed by atoms with van der Waals surface area (Å²) < 4.78 is 0. The summed E-state index contributed by atoms with van der Waals surface area (Å²) in [5.74, 6) is 0.585. The van der Waals surface area contributed by atoms with E-state index in [0.29, 0.717) is 5.88 Å². The fourth-order valence-corrected chi connectivity index (χ4v) is 1.64. The molecule has 0 heterocycles. The first-order chi connectivity index (χ1) is 5.92. The minimum Gasteiger partial charge on any atom is -0.344 e. The largest absolute Gasteiger partial charge is 0.344 e. The van der Waals surface area contributed by atoms with E-state index in [0.717, 1.165) is 0 Å². The Morgan fingerprint density at radius 2 is 1.62 bits per heavy atom. The molecule has 0 aromatic heterocycles. The first-order valence-electron chi connectivity index (χ1n) is 3.94. The maximum Gasteiger partial charge on any atom is 0.0480 e. The molecule has 3 N–H and O–H groups in total. The van der Waals surface area contributed by atoms with Gasteiger partial charge in [-0.25, -0.2) is 0 Å². The smallest absolute Gasteiger partial charge is 0.0480 e. The average Bonchev–Trinajstić information content (AvgIpc) is 2.17. The number of alkyl halides is 1. The van der Waals surface area contributed by atoms with Crippen LogP contribution in [0.4, 0.5) is 0 Å². The molecule has 68 valence electrons. The van der Waals surface area contributed by atoms with Gasteiger partial charge < -0.3 is 6.15 Å². The van der Waals surface area contributed by atoms with Crippen LogP contribution < -0.4 is 6.15 Å². The molecule has 0 aliphatic heterocycles. The van der Waals surface area contributed by atoms with Gasteiger partial charge in [-0.1, -0.05) is 42.5 Å². The predicted octanol–water partition coefficient (Wildman–Crippen LogP) is 3.74. The molecule has 0 unspecified atom stereocenters. The molecule has 0 aliphatic rings. The molecule has 0 amide bonds. The molecule has 0 saturated carbocycles. The highest BCUT2D eigenvalue weighted by Gasteiger charge is 1.96. The highest BCUT2D eigenvalue weighted by Crippen LogP contribution is 2.19. The zero-order chi connectivity index (χ0) is 8.39. The van der Waals surface area contributed by atoms with Crippen LogP contribution in [0.25, 0.3) is 10.8 Å². The molecule has 13 heavy (non-hydrogen) atoms. The number of benzene rings is 2. The van der Waals surface area contributed by atoms with Crippen molar-refractivity contribution in [2.75, 3.05) is 0 Å². The minimum atomic E-state index is 0. The Hall–Kier alpha value is -1.05. The summed E-state index contributed by atoms with van der Waals surface area (Å²) in [5.41, 5.74) is 1.20. The molecule has 0 spiro atoms. The Labute approximate surface area is 82.9 Å². The highest BCUT2D eigenvalue weighted by molar-refractivity contribution is 6.18. The van der Waals surface area contributed by atoms with Crippen molar-refractivity contribution >= 4 is 22.4 Å². The second kappa shape index (κ2) is 4.26. The van der Waals surface area contributed by atoms with Gasteiger partial charge in [-0.2, -0.15) is 0 Å². The Morgan fingerprint density at radius 3 is 2.38 bits per heavy atom. The SMILES string of the molecule is ClCc1cccc2ccccc12.N. The van der Waals surface area contributed by atoms with Gasteiger partial charge in [-0.05, 0) is 16.3 Å². The van der Waals surface area contributed by atoms with E-state index in [4.69, 9.17) is 11.6 Å². The summed E-state index contributed by atoms with van der Waals surface area (Å²) in [7, 11) is 0. The first-order valence-corrected chi connectivity index (χ1v) is 4.48. The molecular weight excluding hydrogens is 182 g/mol. The lowest BCUT2D eigenvalue weighted by Crippen LogP contribution is -1.79. The molecule has 0 atom stereocenters. The van der Waals surface area contributed by atoms with Crippen LogP contribution in [0.3, 0.4) is 0 Å². The molecular formula is C11H12ClN. The average molecular weight is 194 g/mol. The van der Waals surface area contributed by atoms with Crippen molar-refractivity contribution < 1.29 is 0 Å². The molecule has 0 fully saturated rings. The zero-order valence-corrected chi connectivity index (χ0v) is 8.09. The highest BCUT2D eigenvalue weighted by atomic mass is 35.5. The molecule has 0 bridgehead atoms. The van der Waals surface area contributed by atoms with Gasteiger partial charge in [0.05, 0.1) is 0 Å². The van der Waals surface area contributed by atoms with E-state index >= 15 is 0 Å². The molecule has 0 radical (unpaired) electrons. The van der Waals surface area contributed by atoms with Crippen molar-refractivity contribution in [3.63, 3.8) is 0 Å². The number of halogens is 1. The Morgan fingerprint density at radius 1 is 0.923 bits per heavy atom.